The van der Waals surface area contributed by atoms with E-state index in [1.54, 1.807) is 0 Å². The van der Waals surface area contributed by atoms with E-state index in [4.69, 9.17) is 0 Å². The van der Waals surface area contributed by atoms with E-state index in [-0.39, 0.29) is 19.0 Å². The second-order valence-electron chi connectivity index (χ2n) is 14.1. The Morgan fingerprint density at radius 3 is 0.791 bits per heavy atom. The fourth-order valence-electron chi connectivity index (χ4n) is 6.92. The number of hydrogen-bond acceptors (Lipinski definition) is 2. The van der Waals surface area contributed by atoms with Crippen molar-refractivity contribution in [2.45, 2.75) is 219 Å². The zero-order chi connectivity index (χ0) is 30.8. The molecule has 0 aromatic heterocycles. The van der Waals surface area contributed by atoms with Gasteiger partial charge in [-0.25, -0.2) is 0 Å². The first-order valence-corrected chi connectivity index (χ1v) is 19.8. The van der Waals surface area contributed by atoms with E-state index in [0.717, 1.165) is 11.0 Å². The molecule has 0 rings (SSSR count). The third kappa shape index (κ3) is 31.9. The molecule has 0 aromatic rings. The van der Waals surface area contributed by atoms with Crippen LogP contribution in [0.3, 0.4) is 0 Å². The topological polar surface area (TPSA) is 40.5 Å². The van der Waals surface area contributed by atoms with Crippen LogP contribution in [0.1, 0.15) is 213 Å². The maximum atomic E-state index is 10.6. The van der Waals surface area contributed by atoms with Gasteiger partial charge in [0.05, 0.1) is 26.2 Å². The van der Waals surface area contributed by atoms with E-state index in [1.165, 1.54) is 212 Å². The Bertz CT molecular complexity index is 444. The maximum absolute atomic E-state index is 10.6. The Hall–Kier alpha value is 0.170. The number of aliphatic hydroxyl groups excluding tert-OH is 2. The summed E-state index contributed by atoms with van der Waals surface area (Å²) in [4.78, 5) is 0. The van der Waals surface area contributed by atoms with E-state index in [2.05, 4.69) is 20.8 Å². The molecule has 3 nitrogen and oxygen atoms in total. The van der Waals surface area contributed by atoms with Gasteiger partial charge in [0.15, 0.2) is 0 Å². The average molecular weight is 633 g/mol. The predicted octanol–water partition coefficient (Wildman–Crippen LogP) is 8.92. The molecule has 0 spiro atoms. The Labute approximate surface area is 278 Å². The summed E-state index contributed by atoms with van der Waals surface area (Å²) in [6.07, 6.45) is 40.8. The van der Waals surface area contributed by atoms with Crippen LogP contribution in [0.25, 0.3) is 0 Å². The predicted molar refractivity (Wildman–Crippen MR) is 188 cm³/mol. The molecule has 0 aromatic carbocycles. The number of quaternary nitrogens is 1. The molecule has 0 heterocycles. The molecule has 0 saturated carbocycles. The van der Waals surface area contributed by atoms with Crippen LogP contribution in [-0.4, -0.2) is 53.6 Å². The second kappa shape index (κ2) is 36.6. The molecule has 0 fully saturated rings. The zero-order valence-electron chi connectivity index (χ0n) is 30.0. The first kappa shape index (κ1) is 45.3. The van der Waals surface area contributed by atoms with Crippen LogP contribution in [0.15, 0.2) is 0 Å². The van der Waals surface area contributed by atoms with Gasteiger partial charge in [0.1, 0.15) is 12.6 Å². The van der Waals surface area contributed by atoms with Gasteiger partial charge < -0.3 is 27.1 Å². The third-order valence-corrected chi connectivity index (χ3v) is 9.77. The van der Waals surface area contributed by atoms with Crippen molar-refractivity contribution >= 4 is 0 Å². The molecule has 0 aliphatic rings. The van der Waals surface area contributed by atoms with Gasteiger partial charge in [-0.15, -0.1) is 0 Å². The van der Waals surface area contributed by atoms with Gasteiger partial charge in [0.2, 0.25) is 0 Å². The van der Waals surface area contributed by atoms with E-state index in [1.807, 2.05) is 0 Å². The van der Waals surface area contributed by atoms with Gasteiger partial charge in [-0.05, 0) is 38.5 Å². The van der Waals surface area contributed by atoms with Crippen LogP contribution < -0.4 is 12.4 Å². The molecule has 0 radical (unpaired) electrons. The molecular weight excluding hydrogens is 550 g/mol. The molecule has 2 N–H and O–H groups in total. The van der Waals surface area contributed by atoms with Crippen molar-refractivity contribution in [1.29, 1.82) is 0 Å². The largest absolute Gasteiger partial charge is 1.00 e. The Balaban J connectivity index is 0. The molecule has 0 amide bonds. The van der Waals surface area contributed by atoms with E-state index in [0.29, 0.717) is 0 Å². The molecule has 0 aliphatic heterocycles. The first-order chi connectivity index (χ1) is 20.6. The highest BCUT2D eigenvalue weighted by Gasteiger charge is 2.29. The van der Waals surface area contributed by atoms with Gasteiger partial charge in [0, 0.05) is 0 Å². The molecule has 262 valence electrons. The highest BCUT2D eigenvalue weighted by Crippen LogP contribution is 2.20. The average Bonchev–Trinajstić information content (AvgIpc) is 3.00. The summed E-state index contributed by atoms with van der Waals surface area (Å²) < 4.78 is 1.05. The summed E-state index contributed by atoms with van der Waals surface area (Å²) in [6, 6.07) is 0. The van der Waals surface area contributed by atoms with Crippen molar-refractivity contribution in [3.05, 3.63) is 0 Å². The fourth-order valence-corrected chi connectivity index (χ4v) is 6.92. The number of nitrogens with zero attached hydrogens (tertiary/aromatic N) is 1. The Kier molecular flexibility index (Phi) is 38.6. The lowest BCUT2D eigenvalue weighted by Crippen LogP contribution is -3.00. The normalized spacial score (nSPS) is 12.5. The molecular formula is C39H82ClNO2. The summed E-state index contributed by atoms with van der Waals surface area (Å²) in [5.74, 6) is 0. The third-order valence-electron chi connectivity index (χ3n) is 9.77. The smallest absolute Gasteiger partial charge is 0.126 e. The SMILES string of the molecule is CCCCCCCCCCCC[N+](CCCCCCCCCCCC)(CCCCCCCCCCCC)CC(O)CO.[Cl-]. The highest BCUT2D eigenvalue weighted by molar-refractivity contribution is 4.59. The quantitative estimate of drug-likeness (QED) is 0.0535. The second-order valence-corrected chi connectivity index (χ2v) is 14.1. The minimum atomic E-state index is -0.570. The van der Waals surface area contributed by atoms with Gasteiger partial charge in [-0.2, -0.15) is 0 Å². The summed E-state index contributed by atoms with van der Waals surface area (Å²) in [5, 5.41) is 20.4. The lowest BCUT2D eigenvalue weighted by molar-refractivity contribution is -0.931. The van der Waals surface area contributed by atoms with Gasteiger partial charge in [-0.3, -0.25) is 0 Å². The Morgan fingerprint density at radius 1 is 0.372 bits per heavy atom. The van der Waals surface area contributed by atoms with Crippen LogP contribution in [-0.2, 0) is 0 Å². The van der Waals surface area contributed by atoms with Crippen molar-refractivity contribution in [2.24, 2.45) is 0 Å². The molecule has 0 bridgehead atoms. The Morgan fingerprint density at radius 2 is 0.581 bits per heavy atom. The molecule has 1 atom stereocenters. The summed E-state index contributed by atoms with van der Waals surface area (Å²) in [7, 11) is 0. The fraction of sp³-hybridized carbons (Fsp3) is 1.00. The van der Waals surface area contributed by atoms with Gasteiger partial charge >= 0.3 is 0 Å². The lowest BCUT2D eigenvalue weighted by Gasteiger charge is -2.40. The summed E-state index contributed by atoms with van der Waals surface area (Å²) in [5.41, 5.74) is 0. The number of rotatable bonds is 36. The minimum absolute atomic E-state index is 0. The first-order valence-electron chi connectivity index (χ1n) is 19.8. The van der Waals surface area contributed by atoms with Gasteiger partial charge in [-0.1, -0.05) is 175 Å². The summed E-state index contributed by atoms with van der Waals surface area (Å²) in [6.45, 7) is 11.1. The van der Waals surface area contributed by atoms with Crippen LogP contribution in [0, 0.1) is 0 Å². The number of hydrogen-bond donors (Lipinski definition) is 2. The maximum Gasteiger partial charge on any atom is 0.126 e. The number of aliphatic hydroxyl groups is 2. The highest BCUT2D eigenvalue weighted by atomic mass is 35.5. The molecule has 4 heteroatoms. The monoisotopic (exact) mass is 632 g/mol. The van der Waals surface area contributed by atoms with Crippen LogP contribution in [0.2, 0.25) is 0 Å². The molecule has 1 unspecified atom stereocenters. The van der Waals surface area contributed by atoms with Crippen LogP contribution in [0.4, 0.5) is 0 Å². The number of unbranched alkanes of at least 4 members (excludes halogenated alkanes) is 27. The summed E-state index contributed by atoms with van der Waals surface area (Å²) >= 11 is 0. The van der Waals surface area contributed by atoms with E-state index < -0.39 is 6.10 Å². The van der Waals surface area contributed by atoms with E-state index in [9.17, 15) is 10.2 Å². The standard InChI is InChI=1S/C39H82NO2.ClH/c1-4-7-10-13-16-19-22-25-28-31-34-40(37-39(42)38-41,35-32-29-26-23-20-17-14-11-8-5-2)36-33-30-27-24-21-18-15-12-9-6-3;/h39,41-42H,4-38H2,1-3H3;1H/q+1;/p-1. The van der Waals surface area contributed by atoms with E-state index >= 15 is 0 Å². The van der Waals surface area contributed by atoms with Crippen LogP contribution >= 0.6 is 0 Å². The van der Waals surface area contributed by atoms with Crippen molar-refractivity contribution in [2.75, 3.05) is 32.8 Å². The van der Waals surface area contributed by atoms with Crippen molar-refractivity contribution in [3.63, 3.8) is 0 Å². The van der Waals surface area contributed by atoms with Crippen LogP contribution in [0.5, 0.6) is 0 Å². The minimum Gasteiger partial charge on any atom is -1.00 e. The van der Waals surface area contributed by atoms with Gasteiger partial charge in [0.25, 0.3) is 0 Å². The molecule has 0 aliphatic carbocycles. The van der Waals surface area contributed by atoms with Crippen molar-refractivity contribution in [1.82, 2.24) is 0 Å². The molecule has 0 saturated heterocycles. The van der Waals surface area contributed by atoms with Crippen molar-refractivity contribution < 1.29 is 27.1 Å². The number of halogens is 1. The zero-order valence-corrected chi connectivity index (χ0v) is 30.8. The van der Waals surface area contributed by atoms with Crippen molar-refractivity contribution in [3.8, 4) is 0 Å². The molecule has 43 heavy (non-hydrogen) atoms. The lowest BCUT2D eigenvalue weighted by atomic mass is 10.0.